The normalized spacial score (nSPS) is 23.9. The number of rotatable bonds is 5. The van der Waals surface area contributed by atoms with E-state index in [0.29, 0.717) is 13.1 Å². The Bertz CT molecular complexity index is 646. The van der Waals surface area contributed by atoms with Gasteiger partial charge in [0.1, 0.15) is 0 Å². The highest BCUT2D eigenvalue weighted by atomic mass is 16.2. The summed E-state index contributed by atoms with van der Waals surface area (Å²) in [5.41, 5.74) is 2.60. The number of nitrogens with one attached hydrogen (secondary N) is 2. The molecule has 0 spiro atoms. The molecule has 3 rings (SSSR count). The molecule has 2 aliphatic rings. The van der Waals surface area contributed by atoms with Gasteiger partial charge in [0.15, 0.2) is 0 Å². The average molecular weight is 373 g/mol. The molecule has 148 valence electrons. The van der Waals surface area contributed by atoms with Crippen LogP contribution < -0.4 is 10.6 Å². The van der Waals surface area contributed by atoms with Gasteiger partial charge in [0, 0.05) is 51.7 Å². The fourth-order valence-electron chi connectivity index (χ4n) is 4.12. The second-order valence-corrected chi connectivity index (χ2v) is 7.66. The van der Waals surface area contributed by atoms with Crippen molar-refractivity contribution < 1.29 is 9.59 Å². The van der Waals surface area contributed by atoms with Crippen molar-refractivity contribution in [2.24, 2.45) is 0 Å². The fraction of sp³-hybridized carbons (Fsp3) is 0.619. The molecule has 1 aromatic rings. The first-order chi connectivity index (χ1) is 13.1. The Labute approximate surface area is 162 Å². The zero-order chi connectivity index (χ0) is 19.2. The third-order valence-corrected chi connectivity index (χ3v) is 5.65. The second-order valence-electron chi connectivity index (χ2n) is 7.66. The maximum atomic E-state index is 12.9. The summed E-state index contributed by atoms with van der Waals surface area (Å²) in [6, 6.07) is 9.08. The summed E-state index contributed by atoms with van der Waals surface area (Å²) in [5, 5.41) is 6.42. The number of nitrogens with zero attached hydrogens (tertiary/aromatic N) is 2. The van der Waals surface area contributed by atoms with Gasteiger partial charge in [-0.3, -0.25) is 14.5 Å². The van der Waals surface area contributed by atoms with Crippen LogP contribution in [0.25, 0.3) is 0 Å². The van der Waals surface area contributed by atoms with Crippen LogP contribution in [0.3, 0.4) is 0 Å². The highest BCUT2D eigenvalue weighted by Crippen LogP contribution is 2.23. The number of benzene rings is 1. The third-order valence-electron chi connectivity index (χ3n) is 5.65. The molecule has 2 aliphatic heterocycles. The van der Waals surface area contributed by atoms with Gasteiger partial charge in [0.2, 0.25) is 11.8 Å². The molecule has 0 bridgehead atoms. The minimum absolute atomic E-state index is 0.0213. The van der Waals surface area contributed by atoms with Gasteiger partial charge in [-0.1, -0.05) is 31.2 Å². The van der Waals surface area contributed by atoms with Crippen molar-refractivity contribution in [2.75, 3.05) is 39.3 Å². The van der Waals surface area contributed by atoms with E-state index in [0.717, 1.165) is 45.4 Å². The van der Waals surface area contributed by atoms with Crippen LogP contribution in [0.15, 0.2) is 24.3 Å². The SMILES string of the molecule is CCc1ccc(C2CNCCN2CC(=O)N2CCCC(NC(C)=O)C2)cc1. The predicted octanol–water partition coefficient (Wildman–Crippen LogP) is 1.32. The minimum atomic E-state index is -0.0213. The lowest BCUT2D eigenvalue weighted by atomic mass is 10.0. The molecule has 27 heavy (non-hydrogen) atoms. The largest absolute Gasteiger partial charge is 0.352 e. The van der Waals surface area contributed by atoms with Gasteiger partial charge in [0.05, 0.1) is 6.54 Å². The summed E-state index contributed by atoms with van der Waals surface area (Å²) >= 11 is 0. The van der Waals surface area contributed by atoms with E-state index < -0.39 is 0 Å². The zero-order valence-electron chi connectivity index (χ0n) is 16.5. The number of carbonyl (C=O) groups is 2. The van der Waals surface area contributed by atoms with Crippen LogP contribution in [-0.4, -0.2) is 66.9 Å². The van der Waals surface area contributed by atoms with Crippen LogP contribution in [0, 0.1) is 0 Å². The third kappa shape index (κ3) is 5.30. The maximum absolute atomic E-state index is 12.9. The van der Waals surface area contributed by atoms with Gasteiger partial charge in [-0.2, -0.15) is 0 Å². The Morgan fingerprint density at radius 1 is 1.22 bits per heavy atom. The van der Waals surface area contributed by atoms with Gasteiger partial charge >= 0.3 is 0 Å². The highest BCUT2D eigenvalue weighted by molar-refractivity contribution is 5.79. The van der Waals surface area contributed by atoms with Crippen LogP contribution in [-0.2, 0) is 16.0 Å². The van der Waals surface area contributed by atoms with Crippen molar-refractivity contribution in [3.8, 4) is 0 Å². The molecular formula is C21H32N4O2. The number of piperazine rings is 1. The van der Waals surface area contributed by atoms with Gasteiger partial charge < -0.3 is 15.5 Å². The summed E-state index contributed by atoms with van der Waals surface area (Å²) in [4.78, 5) is 28.5. The van der Waals surface area contributed by atoms with Crippen molar-refractivity contribution in [3.05, 3.63) is 35.4 Å². The summed E-state index contributed by atoms with van der Waals surface area (Å²) in [7, 11) is 0. The van der Waals surface area contributed by atoms with Crippen molar-refractivity contribution in [1.82, 2.24) is 20.4 Å². The summed E-state index contributed by atoms with van der Waals surface area (Å²) < 4.78 is 0. The quantitative estimate of drug-likeness (QED) is 0.818. The maximum Gasteiger partial charge on any atom is 0.236 e. The average Bonchev–Trinajstić information content (AvgIpc) is 2.68. The first kappa shape index (κ1) is 19.8. The lowest BCUT2D eigenvalue weighted by Crippen LogP contribution is -2.54. The number of carbonyl (C=O) groups excluding carboxylic acids is 2. The number of likely N-dealkylation sites (tertiary alicyclic amines) is 1. The van der Waals surface area contributed by atoms with Crippen molar-refractivity contribution >= 4 is 11.8 Å². The van der Waals surface area contributed by atoms with E-state index in [4.69, 9.17) is 0 Å². The van der Waals surface area contributed by atoms with Crippen LogP contribution in [0.2, 0.25) is 0 Å². The molecule has 0 saturated carbocycles. The number of hydrogen-bond donors (Lipinski definition) is 2. The molecule has 2 unspecified atom stereocenters. The molecule has 6 nitrogen and oxygen atoms in total. The molecule has 0 radical (unpaired) electrons. The Kier molecular flexibility index (Phi) is 6.85. The standard InChI is InChI=1S/C21H32N4O2/c1-3-17-6-8-18(9-7-17)20-13-22-10-12-24(20)15-21(27)25-11-4-5-19(14-25)23-16(2)26/h6-9,19-20,22H,3-5,10-15H2,1-2H3,(H,23,26). The topological polar surface area (TPSA) is 64.7 Å². The van der Waals surface area contributed by atoms with E-state index >= 15 is 0 Å². The lowest BCUT2D eigenvalue weighted by Gasteiger charge is -2.39. The van der Waals surface area contributed by atoms with Crippen LogP contribution in [0.4, 0.5) is 0 Å². The first-order valence-corrected chi connectivity index (χ1v) is 10.1. The lowest BCUT2D eigenvalue weighted by molar-refractivity contribution is -0.135. The molecule has 0 aliphatic carbocycles. The Morgan fingerprint density at radius 3 is 2.70 bits per heavy atom. The minimum Gasteiger partial charge on any atom is -0.352 e. The second kappa shape index (κ2) is 9.33. The summed E-state index contributed by atoms with van der Waals surface area (Å²) in [5.74, 6) is 0.147. The molecule has 2 heterocycles. The molecule has 0 aromatic heterocycles. The Balaban J connectivity index is 1.62. The van der Waals surface area contributed by atoms with Crippen LogP contribution in [0.1, 0.15) is 43.9 Å². The van der Waals surface area contributed by atoms with Crippen molar-refractivity contribution in [3.63, 3.8) is 0 Å². The predicted molar refractivity (Wildman–Crippen MR) is 106 cm³/mol. The van der Waals surface area contributed by atoms with E-state index in [1.54, 1.807) is 0 Å². The van der Waals surface area contributed by atoms with Gasteiger partial charge in [0.25, 0.3) is 0 Å². The first-order valence-electron chi connectivity index (χ1n) is 10.1. The van der Waals surface area contributed by atoms with Crippen LogP contribution >= 0.6 is 0 Å². The summed E-state index contributed by atoms with van der Waals surface area (Å²) in [6.07, 6.45) is 2.93. The molecule has 2 atom stereocenters. The Hall–Kier alpha value is -1.92. The number of aryl methyl sites for hydroxylation is 1. The molecule has 2 amide bonds. The molecule has 2 fully saturated rings. The fourth-order valence-corrected chi connectivity index (χ4v) is 4.12. The van der Waals surface area contributed by atoms with E-state index in [9.17, 15) is 9.59 Å². The highest BCUT2D eigenvalue weighted by Gasteiger charge is 2.29. The summed E-state index contributed by atoms with van der Waals surface area (Å²) in [6.45, 7) is 8.20. The van der Waals surface area contributed by atoms with Crippen molar-refractivity contribution in [1.29, 1.82) is 0 Å². The molecule has 1 aromatic carbocycles. The smallest absolute Gasteiger partial charge is 0.236 e. The zero-order valence-corrected chi connectivity index (χ0v) is 16.5. The van der Waals surface area contributed by atoms with Crippen LogP contribution in [0.5, 0.6) is 0 Å². The molecule has 6 heteroatoms. The number of piperidine rings is 1. The van der Waals surface area contributed by atoms with Crippen molar-refractivity contribution in [2.45, 2.75) is 45.2 Å². The number of amides is 2. The molecular weight excluding hydrogens is 340 g/mol. The van der Waals surface area contributed by atoms with E-state index in [-0.39, 0.29) is 23.9 Å². The molecule has 2 N–H and O–H groups in total. The van der Waals surface area contributed by atoms with Gasteiger partial charge in [-0.15, -0.1) is 0 Å². The molecule has 2 saturated heterocycles. The number of hydrogen-bond acceptors (Lipinski definition) is 4. The monoisotopic (exact) mass is 372 g/mol. The van der Waals surface area contributed by atoms with Gasteiger partial charge in [-0.05, 0) is 30.4 Å². The van der Waals surface area contributed by atoms with E-state index in [1.165, 1.54) is 18.1 Å². The van der Waals surface area contributed by atoms with E-state index in [2.05, 4.69) is 46.7 Å². The van der Waals surface area contributed by atoms with Gasteiger partial charge in [-0.25, -0.2) is 0 Å². The van der Waals surface area contributed by atoms with E-state index in [1.807, 2.05) is 4.90 Å². The Morgan fingerprint density at radius 2 is 2.00 bits per heavy atom.